The fraction of sp³-hybridized carbons (Fsp3) is 0.0678. The predicted octanol–water partition coefficient (Wildman–Crippen LogP) is 13.0. The molecule has 0 fully saturated rings. The molecule has 6 nitrogen and oxygen atoms in total. The SMILES string of the molecule is C=NC(=NC(=NCc1ccccc1)c1ccccc1)c1cccc(-c2cccc(-c3ccc4c(c3)-c3ccccc3C4(c3ccccc3)c3ccncc3)n2)c1.CC(N)c1ccccc1. The zero-order chi connectivity index (χ0) is 44.4. The first-order chi connectivity index (χ1) is 32.0. The maximum Gasteiger partial charge on any atom is 0.161 e. The summed E-state index contributed by atoms with van der Waals surface area (Å²) < 4.78 is 0. The summed E-state index contributed by atoms with van der Waals surface area (Å²) in [4.78, 5) is 23.9. The van der Waals surface area contributed by atoms with E-state index >= 15 is 0 Å². The molecule has 0 spiro atoms. The van der Waals surface area contributed by atoms with Crippen LogP contribution in [0.2, 0.25) is 0 Å². The summed E-state index contributed by atoms with van der Waals surface area (Å²) in [6.45, 7) is 6.38. The summed E-state index contributed by atoms with van der Waals surface area (Å²) in [5.74, 6) is 1.09. The van der Waals surface area contributed by atoms with Crippen molar-refractivity contribution >= 4 is 18.4 Å². The largest absolute Gasteiger partial charge is 0.324 e. The van der Waals surface area contributed by atoms with Crippen LogP contribution in [-0.2, 0) is 12.0 Å². The van der Waals surface area contributed by atoms with E-state index in [-0.39, 0.29) is 6.04 Å². The molecule has 2 N–H and O–H groups in total. The van der Waals surface area contributed by atoms with E-state index in [1.807, 2.05) is 116 Å². The second-order valence-corrected chi connectivity index (χ2v) is 15.9. The Bertz CT molecular complexity index is 3050. The third-order valence-electron chi connectivity index (χ3n) is 11.8. The van der Waals surface area contributed by atoms with Crippen molar-refractivity contribution in [1.29, 1.82) is 0 Å². The van der Waals surface area contributed by atoms with Gasteiger partial charge in [0.25, 0.3) is 0 Å². The van der Waals surface area contributed by atoms with E-state index in [0.717, 1.165) is 39.2 Å². The first kappa shape index (κ1) is 42.1. The number of benzene rings is 7. The van der Waals surface area contributed by atoms with Crippen LogP contribution in [0.4, 0.5) is 0 Å². The molecule has 7 aromatic carbocycles. The van der Waals surface area contributed by atoms with Crippen LogP contribution in [-0.4, -0.2) is 28.4 Å². The molecule has 314 valence electrons. The van der Waals surface area contributed by atoms with Crippen LogP contribution >= 0.6 is 0 Å². The molecule has 65 heavy (non-hydrogen) atoms. The van der Waals surface area contributed by atoms with Crippen molar-refractivity contribution in [2.75, 3.05) is 0 Å². The molecule has 0 radical (unpaired) electrons. The normalized spacial score (nSPS) is 14.6. The van der Waals surface area contributed by atoms with Crippen LogP contribution < -0.4 is 5.73 Å². The second-order valence-electron chi connectivity index (χ2n) is 15.9. The molecule has 6 heteroatoms. The van der Waals surface area contributed by atoms with Crippen molar-refractivity contribution in [2.45, 2.75) is 24.9 Å². The van der Waals surface area contributed by atoms with Gasteiger partial charge in [0.05, 0.1) is 23.3 Å². The van der Waals surface area contributed by atoms with E-state index in [2.05, 4.69) is 138 Å². The highest BCUT2D eigenvalue weighted by atomic mass is 15.0. The number of nitrogens with two attached hydrogens (primary N) is 1. The molecule has 0 saturated heterocycles. The Labute approximate surface area is 381 Å². The smallest absolute Gasteiger partial charge is 0.161 e. The van der Waals surface area contributed by atoms with Gasteiger partial charge in [-0.1, -0.05) is 182 Å². The van der Waals surface area contributed by atoms with Crippen LogP contribution in [0.3, 0.4) is 0 Å². The second kappa shape index (κ2) is 19.5. The van der Waals surface area contributed by atoms with Crippen LogP contribution in [0.5, 0.6) is 0 Å². The Morgan fingerprint density at radius 1 is 0.538 bits per heavy atom. The minimum atomic E-state index is -0.477. The third kappa shape index (κ3) is 8.89. The van der Waals surface area contributed by atoms with E-state index < -0.39 is 5.41 Å². The molecule has 1 aliphatic rings. The first-order valence-corrected chi connectivity index (χ1v) is 21.8. The van der Waals surface area contributed by atoms with Crippen LogP contribution in [0.1, 0.15) is 57.5 Å². The molecule has 0 bridgehead atoms. The molecule has 2 aromatic heterocycles. The topological polar surface area (TPSA) is 88.9 Å². The van der Waals surface area contributed by atoms with Gasteiger partial charge in [-0.05, 0) is 94.5 Å². The van der Waals surface area contributed by atoms with Crippen molar-refractivity contribution in [1.82, 2.24) is 9.97 Å². The van der Waals surface area contributed by atoms with Gasteiger partial charge >= 0.3 is 0 Å². The summed E-state index contributed by atoms with van der Waals surface area (Å²) in [6, 6.07) is 75.4. The summed E-state index contributed by atoms with van der Waals surface area (Å²) in [5, 5.41) is 0. The van der Waals surface area contributed by atoms with E-state index in [1.54, 1.807) is 0 Å². The van der Waals surface area contributed by atoms with Gasteiger partial charge in [0.2, 0.25) is 0 Å². The van der Waals surface area contributed by atoms with E-state index in [0.29, 0.717) is 18.2 Å². The molecular formula is C59H48N6. The summed E-state index contributed by atoms with van der Waals surface area (Å²) >= 11 is 0. The molecule has 10 rings (SSSR count). The van der Waals surface area contributed by atoms with Gasteiger partial charge < -0.3 is 5.73 Å². The van der Waals surface area contributed by atoms with Crippen molar-refractivity contribution in [3.8, 4) is 33.6 Å². The lowest BCUT2D eigenvalue weighted by atomic mass is 9.68. The van der Waals surface area contributed by atoms with Crippen molar-refractivity contribution < 1.29 is 0 Å². The van der Waals surface area contributed by atoms with Gasteiger partial charge in [-0.25, -0.2) is 15.0 Å². The van der Waals surface area contributed by atoms with E-state index in [4.69, 9.17) is 20.7 Å². The molecule has 0 saturated carbocycles. The van der Waals surface area contributed by atoms with E-state index in [9.17, 15) is 0 Å². The molecule has 1 aliphatic carbocycles. The standard InChI is InChI=1S/C51H37N5.C8H11N/c1-52-49(56-50(37-17-7-3-8-18-37)54-35-36-15-5-2-6-16-36)40-20-13-19-38(33-40)47-25-14-26-48(55-47)39-27-28-46-44(34-39)43-23-11-12-24-45(43)51(46,41-21-9-4-10-22-41)42-29-31-53-32-30-42;1-7(9)8-5-3-2-4-6-8/h2-34H,1,35H2;2-7H,9H2,1H3. The number of hydrogen-bond donors (Lipinski definition) is 1. The fourth-order valence-corrected chi connectivity index (χ4v) is 8.67. The minimum absolute atomic E-state index is 0.159. The zero-order valence-corrected chi connectivity index (χ0v) is 36.2. The fourth-order valence-electron chi connectivity index (χ4n) is 8.67. The number of pyridine rings is 2. The van der Waals surface area contributed by atoms with Crippen molar-refractivity contribution in [3.63, 3.8) is 0 Å². The Morgan fingerprint density at radius 2 is 1.11 bits per heavy atom. The predicted molar refractivity (Wildman–Crippen MR) is 268 cm³/mol. The Balaban J connectivity index is 0.000000531. The van der Waals surface area contributed by atoms with Crippen LogP contribution in [0.15, 0.2) is 246 Å². The van der Waals surface area contributed by atoms with Crippen LogP contribution in [0, 0.1) is 0 Å². The Kier molecular flexibility index (Phi) is 12.6. The van der Waals surface area contributed by atoms with Crippen LogP contribution in [0.25, 0.3) is 33.6 Å². The quantitative estimate of drug-likeness (QED) is 0.116. The lowest BCUT2D eigenvalue weighted by Crippen LogP contribution is -2.28. The first-order valence-electron chi connectivity index (χ1n) is 21.8. The molecule has 0 amide bonds. The number of rotatable bonds is 9. The maximum absolute atomic E-state index is 5.61. The molecular weight excluding hydrogens is 793 g/mol. The number of hydrogen-bond acceptors (Lipinski definition) is 4. The molecule has 2 unspecified atom stereocenters. The maximum atomic E-state index is 5.61. The van der Waals surface area contributed by atoms with Crippen molar-refractivity contribution in [2.24, 2.45) is 20.7 Å². The molecule has 2 heterocycles. The van der Waals surface area contributed by atoms with Gasteiger partial charge in [-0.3, -0.25) is 9.98 Å². The number of aliphatic imine (C=N–C) groups is 3. The summed E-state index contributed by atoms with van der Waals surface area (Å²) in [6.07, 6.45) is 3.78. The monoisotopic (exact) mass is 840 g/mol. The lowest BCUT2D eigenvalue weighted by molar-refractivity contribution is 0.766. The summed E-state index contributed by atoms with van der Waals surface area (Å²) in [5.41, 5.74) is 20.3. The Hall–Kier alpha value is -8.19. The molecule has 0 aliphatic heterocycles. The number of nitrogens with zero attached hydrogens (tertiary/aromatic N) is 5. The highest BCUT2D eigenvalue weighted by molar-refractivity contribution is 6.13. The van der Waals surface area contributed by atoms with Gasteiger partial charge in [0.15, 0.2) is 11.7 Å². The molecule has 2 atom stereocenters. The number of aromatic nitrogens is 2. The van der Waals surface area contributed by atoms with Gasteiger partial charge in [0.1, 0.15) is 0 Å². The van der Waals surface area contributed by atoms with Gasteiger partial charge in [0, 0.05) is 40.7 Å². The number of amidine groups is 2. The lowest BCUT2D eigenvalue weighted by Gasteiger charge is -2.33. The van der Waals surface area contributed by atoms with Crippen molar-refractivity contribution in [3.05, 3.63) is 275 Å². The van der Waals surface area contributed by atoms with Gasteiger partial charge in [-0.2, -0.15) is 0 Å². The molecule has 9 aromatic rings. The Morgan fingerprint density at radius 3 is 1.78 bits per heavy atom. The zero-order valence-electron chi connectivity index (χ0n) is 36.2. The average Bonchev–Trinajstić information content (AvgIpc) is 3.68. The average molecular weight is 841 g/mol. The number of fused-ring (bicyclic) bond motifs is 3. The third-order valence-corrected chi connectivity index (χ3v) is 11.8. The highest BCUT2D eigenvalue weighted by Crippen LogP contribution is 2.56. The van der Waals surface area contributed by atoms with E-state index in [1.165, 1.54) is 38.9 Å². The summed E-state index contributed by atoms with van der Waals surface area (Å²) in [7, 11) is 0. The minimum Gasteiger partial charge on any atom is -0.324 e. The van der Waals surface area contributed by atoms with Gasteiger partial charge in [-0.15, -0.1) is 0 Å². The highest BCUT2D eigenvalue weighted by Gasteiger charge is 2.46.